The van der Waals surface area contributed by atoms with Crippen LogP contribution in [0.4, 0.5) is 0 Å². The van der Waals surface area contributed by atoms with Crippen molar-refractivity contribution in [3.63, 3.8) is 0 Å². The van der Waals surface area contributed by atoms with Crippen molar-refractivity contribution in [3.8, 4) is 56.4 Å². The summed E-state index contributed by atoms with van der Waals surface area (Å²) in [7, 11) is 0. The van der Waals surface area contributed by atoms with Gasteiger partial charge in [0.1, 0.15) is 0 Å². The molecule has 3 nitrogen and oxygen atoms in total. The smallest absolute Gasteiger partial charge is 0.165 e. The quantitative estimate of drug-likeness (QED) is 0.183. The minimum absolute atomic E-state index is 0.647. The first kappa shape index (κ1) is 29.4. The predicted molar refractivity (Wildman–Crippen MR) is 215 cm³/mol. The molecule has 10 aromatic rings. The number of hydrogen-bond acceptors (Lipinski definition) is 4. The van der Waals surface area contributed by atoms with Crippen LogP contribution in [0.2, 0.25) is 0 Å². The summed E-state index contributed by atoms with van der Waals surface area (Å²) in [5.74, 6) is 1.96. The van der Waals surface area contributed by atoms with Crippen LogP contribution in [0.5, 0.6) is 0 Å². The Morgan fingerprint density at radius 2 is 0.882 bits per heavy atom. The highest BCUT2D eigenvalue weighted by Crippen LogP contribution is 2.40. The highest BCUT2D eigenvalue weighted by atomic mass is 32.1. The van der Waals surface area contributed by atoms with Gasteiger partial charge in [-0.05, 0) is 68.1 Å². The van der Waals surface area contributed by atoms with Crippen LogP contribution in [0.25, 0.3) is 98.1 Å². The van der Waals surface area contributed by atoms with E-state index in [1.807, 2.05) is 0 Å². The van der Waals surface area contributed by atoms with Gasteiger partial charge in [0.05, 0.1) is 0 Å². The van der Waals surface area contributed by atoms with E-state index in [4.69, 9.17) is 15.0 Å². The number of rotatable bonds is 5. The maximum atomic E-state index is 5.19. The van der Waals surface area contributed by atoms with Gasteiger partial charge in [-0.25, -0.2) is 15.0 Å². The molecule has 4 heteroatoms. The van der Waals surface area contributed by atoms with Crippen LogP contribution in [-0.2, 0) is 0 Å². The third-order valence-electron chi connectivity index (χ3n) is 9.73. The molecule has 0 atom stereocenters. The first-order valence-electron chi connectivity index (χ1n) is 17.1. The molecule has 0 saturated carbocycles. The van der Waals surface area contributed by atoms with Crippen LogP contribution in [-0.4, -0.2) is 15.0 Å². The Hall–Kier alpha value is -6.49. The maximum Gasteiger partial charge on any atom is 0.165 e. The maximum absolute atomic E-state index is 5.19. The molecule has 0 aliphatic carbocycles. The van der Waals surface area contributed by atoms with E-state index in [2.05, 4.69) is 176 Å². The normalized spacial score (nSPS) is 11.5. The summed E-state index contributed by atoms with van der Waals surface area (Å²) in [4.78, 5) is 15.5. The van der Waals surface area contributed by atoms with Crippen molar-refractivity contribution in [1.29, 1.82) is 0 Å². The molecule has 238 valence electrons. The van der Waals surface area contributed by atoms with E-state index in [1.54, 1.807) is 11.3 Å². The van der Waals surface area contributed by atoms with Crippen molar-refractivity contribution >= 4 is 53.1 Å². The van der Waals surface area contributed by atoms with Crippen molar-refractivity contribution in [3.05, 3.63) is 176 Å². The Morgan fingerprint density at radius 1 is 0.314 bits per heavy atom. The third-order valence-corrected chi connectivity index (χ3v) is 10.9. The van der Waals surface area contributed by atoms with E-state index in [0.717, 1.165) is 33.4 Å². The fraction of sp³-hybridized carbons (Fsp3) is 0. The number of fused-ring (bicyclic) bond motifs is 5. The van der Waals surface area contributed by atoms with Gasteiger partial charge in [-0.3, -0.25) is 0 Å². The minimum Gasteiger partial charge on any atom is -0.208 e. The van der Waals surface area contributed by atoms with Gasteiger partial charge in [-0.15, -0.1) is 11.3 Å². The summed E-state index contributed by atoms with van der Waals surface area (Å²) >= 11 is 1.79. The van der Waals surface area contributed by atoms with Gasteiger partial charge in [0, 0.05) is 36.9 Å². The monoisotopic (exact) mass is 667 g/mol. The van der Waals surface area contributed by atoms with Crippen molar-refractivity contribution in [2.75, 3.05) is 0 Å². The van der Waals surface area contributed by atoms with Crippen molar-refractivity contribution in [2.45, 2.75) is 0 Å². The van der Waals surface area contributed by atoms with E-state index < -0.39 is 0 Å². The van der Waals surface area contributed by atoms with Crippen LogP contribution in [0.3, 0.4) is 0 Å². The second-order valence-corrected chi connectivity index (χ2v) is 13.9. The van der Waals surface area contributed by atoms with Crippen LogP contribution >= 0.6 is 11.3 Å². The van der Waals surface area contributed by atoms with E-state index in [-0.39, 0.29) is 0 Å². The average Bonchev–Trinajstić information content (AvgIpc) is 3.59. The minimum atomic E-state index is 0.647. The molecule has 0 fully saturated rings. The Morgan fingerprint density at radius 3 is 1.76 bits per heavy atom. The second-order valence-electron chi connectivity index (χ2n) is 12.8. The summed E-state index contributed by atoms with van der Waals surface area (Å²) in [5, 5.41) is 7.38. The zero-order valence-corrected chi connectivity index (χ0v) is 28.3. The number of nitrogens with zero attached hydrogens (tertiary/aromatic N) is 3. The molecule has 0 saturated heterocycles. The van der Waals surface area contributed by atoms with Crippen molar-refractivity contribution < 1.29 is 0 Å². The molecule has 10 rings (SSSR count). The molecule has 0 bridgehead atoms. The largest absolute Gasteiger partial charge is 0.208 e. The summed E-state index contributed by atoms with van der Waals surface area (Å²) < 4.78 is 2.43. The molecule has 0 N–H and O–H groups in total. The van der Waals surface area contributed by atoms with E-state index in [1.165, 1.54) is 47.3 Å². The molecule has 0 spiro atoms. The molecule has 8 aromatic carbocycles. The summed E-state index contributed by atoms with van der Waals surface area (Å²) in [6, 6.07) is 62.2. The molecular formula is C47H29N3S. The Bertz CT molecular complexity index is 2920. The van der Waals surface area contributed by atoms with Gasteiger partial charge in [-0.1, -0.05) is 152 Å². The Kier molecular flexibility index (Phi) is 7.00. The highest BCUT2D eigenvalue weighted by molar-refractivity contribution is 7.26. The number of aromatic nitrogens is 3. The summed E-state index contributed by atoms with van der Waals surface area (Å²) in [5.41, 5.74) is 7.54. The summed E-state index contributed by atoms with van der Waals surface area (Å²) in [6.07, 6.45) is 0. The third kappa shape index (κ3) is 5.25. The molecule has 0 radical (unpaired) electrons. The zero-order valence-electron chi connectivity index (χ0n) is 27.5. The van der Waals surface area contributed by atoms with Crippen LogP contribution < -0.4 is 0 Å². The molecule has 0 unspecified atom stereocenters. The molecule has 2 heterocycles. The van der Waals surface area contributed by atoms with Gasteiger partial charge in [-0.2, -0.15) is 0 Å². The Labute approximate surface area is 299 Å². The van der Waals surface area contributed by atoms with Crippen molar-refractivity contribution in [1.82, 2.24) is 15.0 Å². The van der Waals surface area contributed by atoms with Crippen LogP contribution in [0.1, 0.15) is 0 Å². The molecular weight excluding hydrogens is 639 g/mol. The van der Waals surface area contributed by atoms with E-state index in [0.29, 0.717) is 17.5 Å². The average molecular weight is 668 g/mol. The highest BCUT2D eigenvalue weighted by Gasteiger charge is 2.17. The number of thiophene rings is 1. The molecule has 2 aromatic heterocycles. The fourth-order valence-corrected chi connectivity index (χ4v) is 8.37. The van der Waals surface area contributed by atoms with Crippen molar-refractivity contribution in [2.24, 2.45) is 0 Å². The van der Waals surface area contributed by atoms with Gasteiger partial charge in [0.25, 0.3) is 0 Å². The zero-order chi connectivity index (χ0) is 33.7. The SMILES string of the molecule is c1cc(-c2ccc3ccccc3c2)cc(-c2nc(-c3ccc(-c4cccc5ccccc45)cc3)nc(-c3cccc4c3sc3ccccc34)n2)c1. The molecule has 51 heavy (non-hydrogen) atoms. The fourth-order valence-electron chi connectivity index (χ4n) is 7.16. The molecule has 0 amide bonds. The number of benzene rings is 8. The summed E-state index contributed by atoms with van der Waals surface area (Å²) in [6.45, 7) is 0. The second kappa shape index (κ2) is 12.1. The van der Waals surface area contributed by atoms with Crippen LogP contribution in [0, 0.1) is 0 Å². The predicted octanol–water partition coefficient (Wildman–Crippen LogP) is 12.9. The lowest BCUT2D eigenvalue weighted by Crippen LogP contribution is -2.00. The lowest BCUT2D eigenvalue weighted by atomic mass is 9.97. The van der Waals surface area contributed by atoms with Gasteiger partial charge >= 0.3 is 0 Å². The van der Waals surface area contributed by atoms with Gasteiger partial charge < -0.3 is 0 Å². The van der Waals surface area contributed by atoms with E-state index >= 15 is 0 Å². The lowest BCUT2D eigenvalue weighted by molar-refractivity contribution is 1.08. The van der Waals surface area contributed by atoms with Crippen LogP contribution in [0.15, 0.2) is 176 Å². The van der Waals surface area contributed by atoms with E-state index in [9.17, 15) is 0 Å². The topological polar surface area (TPSA) is 38.7 Å². The van der Waals surface area contributed by atoms with Gasteiger partial charge in [0.2, 0.25) is 0 Å². The number of hydrogen-bond donors (Lipinski definition) is 0. The molecule has 0 aliphatic rings. The molecule has 0 aliphatic heterocycles. The Balaban J connectivity index is 1.13. The standard InChI is InChI=1S/C47H29N3S/c1-2-12-34-28-36(27-22-30(34)10-1)35-14-7-15-37(29-35)46-48-45(33-25-23-32(24-26-33)39-18-8-13-31-11-3-4-16-38(31)39)49-47(50-46)42-20-9-19-41-40-17-5-6-21-43(40)51-44(41)42/h1-29H. The lowest BCUT2D eigenvalue weighted by Gasteiger charge is -2.11. The first-order valence-corrected chi connectivity index (χ1v) is 17.9. The first-order chi connectivity index (χ1) is 25.2. The van der Waals surface area contributed by atoms with Gasteiger partial charge in [0.15, 0.2) is 17.5 Å².